The minimum absolute atomic E-state index is 0.0474. The molecule has 0 saturated heterocycles. The van der Waals surface area contributed by atoms with Gasteiger partial charge >= 0.3 is 0 Å². The van der Waals surface area contributed by atoms with E-state index in [1.54, 1.807) is 6.92 Å². The fraction of sp³-hybridized carbons (Fsp3) is 0.846. The number of aliphatic hydroxyl groups is 1. The quantitative estimate of drug-likeness (QED) is 0.798. The van der Waals surface area contributed by atoms with E-state index in [-0.39, 0.29) is 17.5 Å². The van der Waals surface area contributed by atoms with Crippen molar-refractivity contribution in [3.8, 4) is 0 Å². The molecule has 1 fully saturated rings. The number of carbonyl (C=O) groups is 2. The highest BCUT2D eigenvalue weighted by atomic mass is 16.3. The second-order valence-electron chi connectivity index (χ2n) is 5.40. The fourth-order valence-electron chi connectivity index (χ4n) is 2.55. The van der Waals surface area contributed by atoms with Crippen LogP contribution < -0.4 is 0 Å². The molecule has 0 radical (unpaired) electrons. The van der Waals surface area contributed by atoms with Crippen molar-refractivity contribution in [2.75, 3.05) is 0 Å². The molecule has 1 aliphatic rings. The first-order valence-electron chi connectivity index (χ1n) is 6.11. The summed E-state index contributed by atoms with van der Waals surface area (Å²) >= 11 is 0. The van der Waals surface area contributed by atoms with Gasteiger partial charge in [0, 0.05) is 12.3 Å². The number of Topliss-reactive ketones (excluding diaryl/α,β-unsaturated/α-hetero) is 2. The smallest absolute Gasteiger partial charge is 0.166 e. The summed E-state index contributed by atoms with van der Waals surface area (Å²) in [6.45, 7) is 5.24. The first kappa shape index (κ1) is 13.4. The summed E-state index contributed by atoms with van der Waals surface area (Å²) < 4.78 is 0. The highest BCUT2D eigenvalue weighted by molar-refractivity contribution is 5.88. The lowest BCUT2D eigenvalue weighted by Gasteiger charge is -2.35. The summed E-state index contributed by atoms with van der Waals surface area (Å²) in [5.74, 6) is 0.395. The van der Waals surface area contributed by atoms with Crippen LogP contribution in [0.25, 0.3) is 0 Å². The van der Waals surface area contributed by atoms with Crippen molar-refractivity contribution in [3.63, 3.8) is 0 Å². The molecule has 92 valence electrons. The second kappa shape index (κ2) is 5.09. The zero-order valence-electron chi connectivity index (χ0n) is 10.5. The van der Waals surface area contributed by atoms with Crippen molar-refractivity contribution in [3.05, 3.63) is 0 Å². The summed E-state index contributed by atoms with van der Waals surface area (Å²) in [7, 11) is 0. The Morgan fingerprint density at radius 2 is 1.81 bits per heavy atom. The maximum atomic E-state index is 11.8. The van der Waals surface area contributed by atoms with E-state index in [2.05, 4.69) is 0 Å². The van der Waals surface area contributed by atoms with Crippen molar-refractivity contribution in [2.24, 2.45) is 11.8 Å². The summed E-state index contributed by atoms with van der Waals surface area (Å²) in [4.78, 5) is 22.8. The van der Waals surface area contributed by atoms with Crippen LogP contribution in [0.15, 0.2) is 0 Å². The molecule has 0 spiro atoms. The van der Waals surface area contributed by atoms with E-state index in [0.29, 0.717) is 25.2 Å². The first-order chi connectivity index (χ1) is 7.35. The number of carbonyl (C=O) groups excluding carboxylic acids is 2. The van der Waals surface area contributed by atoms with Gasteiger partial charge in [-0.25, -0.2) is 0 Å². The van der Waals surface area contributed by atoms with Crippen LogP contribution >= 0.6 is 0 Å². The van der Waals surface area contributed by atoms with E-state index in [1.165, 1.54) is 0 Å². The van der Waals surface area contributed by atoms with E-state index in [9.17, 15) is 14.7 Å². The molecular weight excluding hydrogens is 204 g/mol. The molecule has 0 aromatic rings. The fourth-order valence-corrected chi connectivity index (χ4v) is 2.55. The van der Waals surface area contributed by atoms with E-state index >= 15 is 0 Å². The van der Waals surface area contributed by atoms with Crippen molar-refractivity contribution < 1.29 is 14.7 Å². The third kappa shape index (κ3) is 3.14. The molecule has 1 aliphatic carbocycles. The summed E-state index contributed by atoms with van der Waals surface area (Å²) in [5, 5.41) is 10.2. The molecule has 0 aromatic heterocycles. The van der Waals surface area contributed by atoms with Gasteiger partial charge in [0.05, 0.1) is 0 Å². The van der Waals surface area contributed by atoms with Crippen molar-refractivity contribution in [2.45, 2.75) is 58.5 Å². The summed E-state index contributed by atoms with van der Waals surface area (Å²) in [6, 6.07) is 0. The van der Waals surface area contributed by atoms with Crippen LogP contribution in [0.4, 0.5) is 0 Å². The number of rotatable bonds is 4. The third-order valence-corrected chi connectivity index (χ3v) is 3.49. The maximum absolute atomic E-state index is 11.8. The molecule has 0 bridgehead atoms. The Kier molecular flexibility index (Phi) is 4.25. The highest BCUT2D eigenvalue weighted by Gasteiger charge is 2.40. The highest BCUT2D eigenvalue weighted by Crippen LogP contribution is 2.35. The van der Waals surface area contributed by atoms with Crippen LogP contribution in [0.3, 0.4) is 0 Å². The Morgan fingerprint density at radius 3 is 2.19 bits per heavy atom. The average molecular weight is 226 g/mol. The lowest BCUT2D eigenvalue weighted by Crippen LogP contribution is -2.44. The van der Waals surface area contributed by atoms with E-state index in [0.717, 1.165) is 12.8 Å². The van der Waals surface area contributed by atoms with Gasteiger partial charge in [0.15, 0.2) is 5.78 Å². The summed E-state index contributed by atoms with van der Waals surface area (Å²) in [6.07, 6.45) is 3.19. The van der Waals surface area contributed by atoms with Gasteiger partial charge in [0.2, 0.25) is 0 Å². The van der Waals surface area contributed by atoms with Crippen molar-refractivity contribution >= 4 is 11.6 Å². The second-order valence-corrected chi connectivity index (χ2v) is 5.40. The lowest BCUT2D eigenvalue weighted by molar-refractivity contribution is -0.145. The third-order valence-electron chi connectivity index (χ3n) is 3.49. The van der Waals surface area contributed by atoms with Gasteiger partial charge in [-0.05, 0) is 38.5 Å². The zero-order valence-corrected chi connectivity index (χ0v) is 10.5. The Morgan fingerprint density at radius 1 is 1.31 bits per heavy atom. The molecule has 1 rings (SSSR count). The van der Waals surface area contributed by atoms with Crippen LogP contribution in [-0.2, 0) is 9.59 Å². The Bertz CT molecular complexity index is 273. The van der Waals surface area contributed by atoms with Gasteiger partial charge in [0.25, 0.3) is 0 Å². The van der Waals surface area contributed by atoms with Crippen LogP contribution in [0.1, 0.15) is 52.9 Å². The van der Waals surface area contributed by atoms with Gasteiger partial charge < -0.3 is 9.90 Å². The van der Waals surface area contributed by atoms with E-state index in [4.69, 9.17) is 0 Å². The maximum Gasteiger partial charge on any atom is 0.166 e. The number of hydrogen-bond donors (Lipinski definition) is 1. The Labute approximate surface area is 97.2 Å². The molecule has 0 atom stereocenters. The van der Waals surface area contributed by atoms with Gasteiger partial charge in [-0.2, -0.15) is 0 Å². The zero-order chi connectivity index (χ0) is 12.3. The van der Waals surface area contributed by atoms with Crippen LogP contribution in [-0.4, -0.2) is 22.3 Å². The SMILES string of the molecule is CC(=O)CC1CCC(O)(C(=O)C(C)C)CC1. The molecule has 3 heteroatoms. The first-order valence-corrected chi connectivity index (χ1v) is 6.11. The molecule has 1 saturated carbocycles. The normalized spacial score (nSPS) is 30.4. The average Bonchev–Trinajstić information content (AvgIpc) is 2.20. The standard InChI is InChI=1S/C13H22O3/c1-9(2)12(15)13(16)6-4-11(5-7-13)8-10(3)14/h9,11,16H,4-8H2,1-3H3. The minimum Gasteiger partial charge on any atom is -0.382 e. The van der Waals surface area contributed by atoms with Crippen LogP contribution in [0, 0.1) is 11.8 Å². The molecule has 0 aliphatic heterocycles. The van der Waals surface area contributed by atoms with Crippen molar-refractivity contribution in [1.82, 2.24) is 0 Å². The monoisotopic (exact) mass is 226 g/mol. The van der Waals surface area contributed by atoms with E-state index in [1.807, 2.05) is 13.8 Å². The molecule has 0 aromatic carbocycles. The molecular formula is C13H22O3. The Balaban J connectivity index is 2.53. The minimum atomic E-state index is -1.12. The topological polar surface area (TPSA) is 54.4 Å². The van der Waals surface area contributed by atoms with Gasteiger partial charge in [0.1, 0.15) is 11.4 Å². The van der Waals surface area contributed by atoms with Gasteiger partial charge in [-0.3, -0.25) is 4.79 Å². The molecule has 0 amide bonds. The molecule has 0 heterocycles. The molecule has 0 unspecified atom stereocenters. The predicted molar refractivity (Wildman–Crippen MR) is 62.1 cm³/mol. The summed E-state index contributed by atoms with van der Waals surface area (Å²) in [5.41, 5.74) is -1.12. The molecule has 1 N–H and O–H groups in total. The lowest BCUT2D eigenvalue weighted by atomic mass is 9.73. The van der Waals surface area contributed by atoms with Crippen molar-refractivity contribution in [1.29, 1.82) is 0 Å². The van der Waals surface area contributed by atoms with Gasteiger partial charge in [-0.15, -0.1) is 0 Å². The number of ketones is 2. The number of hydrogen-bond acceptors (Lipinski definition) is 3. The predicted octanol–water partition coefficient (Wildman–Crippen LogP) is 2.11. The van der Waals surface area contributed by atoms with Crippen LogP contribution in [0.5, 0.6) is 0 Å². The van der Waals surface area contributed by atoms with E-state index < -0.39 is 5.60 Å². The molecule has 16 heavy (non-hydrogen) atoms. The van der Waals surface area contributed by atoms with Crippen LogP contribution in [0.2, 0.25) is 0 Å². The largest absolute Gasteiger partial charge is 0.382 e. The molecule has 3 nitrogen and oxygen atoms in total. The van der Waals surface area contributed by atoms with Gasteiger partial charge in [-0.1, -0.05) is 13.8 Å². The Hall–Kier alpha value is -0.700.